The molecule has 0 heterocycles. The molecule has 2 unspecified atom stereocenters. The van der Waals surface area contributed by atoms with Crippen LogP contribution in [0, 0.1) is 17.3 Å². The van der Waals surface area contributed by atoms with Crippen LogP contribution in [0.3, 0.4) is 0 Å². The third kappa shape index (κ3) is 1.79. The zero-order valence-electron chi connectivity index (χ0n) is 14.3. The molecule has 3 rings (SSSR count). The summed E-state index contributed by atoms with van der Waals surface area (Å²) < 4.78 is 0. The molecule has 0 N–H and O–H groups in total. The van der Waals surface area contributed by atoms with Crippen LogP contribution < -0.4 is 0 Å². The van der Waals surface area contributed by atoms with Crippen LogP contribution >= 0.6 is 0 Å². The maximum Gasteiger partial charge on any atom is 0.156 e. The van der Waals surface area contributed by atoms with Gasteiger partial charge < -0.3 is 0 Å². The van der Waals surface area contributed by atoms with Gasteiger partial charge in [0.2, 0.25) is 0 Å². The van der Waals surface area contributed by atoms with E-state index in [9.17, 15) is 9.59 Å². The van der Waals surface area contributed by atoms with E-state index in [0.717, 1.165) is 16.7 Å². The van der Waals surface area contributed by atoms with Gasteiger partial charge in [0.05, 0.1) is 0 Å². The first-order chi connectivity index (χ1) is 10.2. The fraction of sp³-hybridized carbons (Fsp3) is 0.500. The summed E-state index contributed by atoms with van der Waals surface area (Å²) >= 11 is 0. The molecular weight excluding hydrogens is 272 g/mol. The molecule has 0 aromatic carbocycles. The molecule has 0 aromatic rings. The number of fused-ring (bicyclic) bond motifs is 4. The van der Waals surface area contributed by atoms with Gasteiger partial charge in [0.15, 0.2) is 11.6 Å². The molecule has 0 saturated heterocycles. The maximum absolute atomic E-state index is 12.2. The Morgan fingerprint density at radius 1 is 1.09 bits per heavy atom. The Bertz CT molecular complexity index is 719. The summed E-state index contributed by atoms with van der Waals surface area (Å²) in [7, 11) is 0. The Labute approximate surface area is 132 Å². The lowest BCUT2D eigenvalue weighted by Gasteiger charge is -2.43. The van der Waals surface area contributed by atoms with E-state index in [2.05, 4.69) is 39.8 Å². The number of carbonyl (C=O) groups excluding carboxylic acids is 2. The van der Waals surface area contributed by atoms with Crippen LogP contribution in [0.1, 0.15) is 48.0 Å². The molecule has 2 atom stereocenters. The van der Waals surface area contributed by atoms with Gasteiger partial charge in [-0.3, -0.25) is 9.59 Å². The van der Waals surface area contributed by atoms with Gasteiger partial charge in [-0.25, -0.2) is 0 Å². The van der Waals surface area contributed by atoms with Gasteiger partial charge in [-0.1, -0.05) is 37.1 Å². The second-order valence-corrected chi connectivity index (χ2v) is 7.54. The molecule has 22 heavy (non-hydrogen) atoms. The van der Waals surface area contributed by atoms with Crippen LogP contribution in [0.5, 0.6) is 0 Å². The van der Waals surface area contributed by atoms with Gasteiger partial charge >= 0.3 is 0 Å². The largest absolute Gasteiger partial charge is 0.295 e. The van der Waals surface area contributed by atoms with Crippen molar-refractivity contribution in [1.82, 2.24) is 0 Å². The number of hydrogen-bond donors (Lipinski definition) is 0. The molecule has 0 spiro atoms. The van der Waals surface area contributed by atoms with Gasteiger partial charge in [-0.15, -0.1) is 0 Å². The normalized spacial score (nSPS) is 28.4. The highest BCUT2D eigenvalue weighted by Gasteiger charge is 2.53. The fourth-order valence-electron chi connectivity index (χ4n) is 4.57. The average Bonchev–Trinajstić information content (AvgIpc) is 2.97. The molecule has 0 aromatic heterocycles. The van der Waals surface area contributed by atoms with Crippen LogP contribution in [0.25, 0.3) is 0 Å². The van der Waals surface area contributed by atoms with Crippen molar-refractivity contribution in [2.75, 3.05) is 0 Å². The summed E-state index contributed by atoms with van der Waals surface area (Å²) in [5.74, 6) is 0.542. The molecule has 0 amide bonds. The van der Waals surface area contributed by atoms with Crippen molar-refractivity contribution >= 4 is 11.6 Å². The summed E-state index contributed by atoms with van der Waals surface area (Å²) in [5.41, 5.74) is 6.74. The molecule has 0 radical (unpaired) electrons. The van der Waals surface area contributed by atoms with Crippen molar-refractivity contribution < 1.29 is 9.59 Å². The molecular formula is C20H24O2. The highest BCUT2D eigenvalue weighted by Crippen LogP contribution is 2.62. The Morgan fingerprint density at radius 2 is 1.73 bits per heavy atom. The zero-order chi connectivity index (χ0) is 16.4. The number of Topliss-reactive ketones (excluding diaryl/α,β-unsaturated/α-hetero) is 2. The van der Waals surface area contributed by atoms with E-state index in [0.29, 0.717) is 6.42 Å². The molecule has 1 saturated carbocycles. The molecule has 0 aliphatic heterocycles. The van der Waals surface area contributed by atoms with Crippen molar-refractivity contribution in [2.45, 2.75) is 48.0 Å². The predicted octanol–water partition coefficient (Wildman–Crippen LogP) is 4.34. The van der Waals surface area contributed by atoms with Crippen molar-refractivity contribution in [3.8, 4) is 0 Å². The van der Waals surface area contributed by atoms with Crippen LogP contribution in [0.15, 0.2) is 45.6 Å². The Hall–Kier alpha value is -1.70. The van der Waals surface area contributed by atoms with Crippen LogP contribution in [0.2, 0.25) is 0 Å². The van der Waals surface area contributed by atoms with Crippen molar-refractivity contribution in [2.24, 2.45) is 17.3 Å². The highest BCUT2D eigenvalue weighted by atomic mass is 16.1. The zero-order valence-corrected chi connectivity index (χ0v) is 14.3. The van der Waals surface area contributed by atoms with E-state index in [-0.39, 0.29) is 28.8 Å². The minimum atomic E-state index is -0.0627. The van der Waals surface area contributed by atoms with E-state index in [4.69, 9.17) is 0 Å². The topological polar surface area (TPSA) is 34.1 Å². The number of hydrogen-bond acceptors (Lipinski definition) is 2. The third-order valence-corrected chi connectivity index (χ3v) is 5.60. The van der Waals surface area contributed by atoms with Crippen LogP contribution in [-0.2, 0) is 9.59 Å². The number of carbonyl (C=O) groups is 2. The average molecular weight is 296 g/mol. The number of allylic oxidation sites excluding steroid dienone is 8. The molecule has 116 valence electrons. The Morgan fingerprint density at radius 3 is 2.23 bits per heavy atom. The van der Waals surface area contributed by atoms with Crippen molar-refractivity contribution in [3.63, 3.8) is 0 Å². The van der Waals surface area contributed by atoms with E-state index >= 15 is 0 Å². The smallest absolute Gasteiger partial charge is 0.156 e. The highest BCUT2D eigenvalue weighted by molar-refractivity contribution is 6.01. The minimum Gasteiger partial charge on any atom is -0.295 e. The lowest BCUT2D eigenvalue weighted by Crippen LogP contribution is -2.34. The van der Waals surface area contributed by atoms with Gasteiger partial charge in [0.25, 0.3) is 0 Å². The van der Waals surface area contributed by atoms with E-state index in [1.54, 1.807) is 13.8 Å². The minimum absolute atomic E-state index is 0.00757. The first-order valence-corrected chi connectivity index (χ1v) is 8.02. The second kappa shape index (κ2) is 4.65. The summed E-state index contributed by atoms with van der Waals surface area (Å²) in [6.07, 6.45) is 5.10. The van der Waals surface area contributed by atoms with Crippen LogP contribution in [0.4, 0.5) is 0 Å². The molecule has 2 bridgehead atoms. The fourth-order valence-corrected chi connectivity index (χ4v) is 4.57. The Kier molecular flexibility index (Phi) is 3.21. The van der Waals surface area contributed by atoms with Crippen LogP contribution in [-0.4, -0.2) is 11.6 Å². The van der Waals surface area contributed by atoms with E-state index < -0.39 is 0 Å². The quantitative estimate of drug-likeness (QED) is 0.710. The maximum atomic E-state index is 12.2. The Balaban J connectivity index is 2.36. The SMILES string of the molecule is CC(=O)C1=CC2C(=C(C)C)C1C1=C(C(C)=O)CC=C1C2(C)C. The van der Waals surface area contributed by atoms with Crippen molar-refractivity contribution in [1.29, 1.82) is 0 Å². The third-order valence-electron chi connectivity index (χ3n) is 5.60. The standard InChI is InChI=1S/C20H24O2/c1-10(2)17-16-9-14(12(4)22)19(17)18-13(11(3)21)7-8-15(18)20(16,5)6/h8-9,16,19H,7H2,1-6H3. The predicted molar refractivity (Wildman–Crippen MR) is 88.3 cm³/mol. The molecule has 3 aliphatic rings. The van der Waals surface area contributed by atoms with Gasteiger partial charge in [-0.2, -0.15) is 0 Å². The molecule has 2 nitrogen and oxygen atoms in total. The van der Waals surface area contributed by atoms with E-state index in [1.807, 2.05) is 0 Å². The first-order valence-electron chi connectivity index (χ1n) is 8.02. The summed E-state index contributed by atoms with van der Waals surface area (Å²) in [4.78, 5) is 24.3. The summed E-state index contributed by atoms with van der Waals surface area (Å²) in [6, 6.07) is 0. The van der Waals surface area contributed by atoms with Gasteiger partial charge in [0, 0.05) is 23.0 Å². The summed E-state index contributed by atoms with van der Waals surface area (Å²) in [6.45, 7) is 12.0. The summed E-state index contributed by atoms with van der Waals surface area (Å²) in [5, 5.41) is 0. The monoisotopic (exact) mass is 296 g/mol. The molecule has 3 aliphatic carbocycles. The van der Waals surface area contributed by atoms with Gasteiger partial charge in [-0.05, 0) is 50.7 Å². The molecule has 1 fully saturated rings. The second-order valence-electron chi connectivity index (χ2n) is 7.54. The van der Waals surface area contributed by atoms with Gasteiger partial charge in [0.1, 0.15) is 0 Å². The lowest BCUT2D eigenvalue weighted by atomic mass is 9.60. The van der Waals surface area contributed by atoms with Crippen molar-refractivity contribution in [3.05, 3.63) is 45.6 Å². The van der Waals surface area contributed by atoms with E-state index in [1.165, 1.54) is 16.7 Å². The lowest BCUT2D eigenvalue weighted by molar-refractivity contribution is -0.114. The number of rotatable bonds is 2. The molecule has 2 heteroatoms. The number of ketones is 2. The first kappa shape index (κ1) is 15.2.